The molecule has 0 atom stereocenters. The van der Waals surface area contributed by atoms with E-state index in [1.54, 1.807) is 18.2 Å². The van der Waals surface area contributed by atoms with Gasteiger partial charge in [-0.05, 0) is 43.2 Å². The van der Waals surface area contributed by atoms with Crippen LogP contribution in [0.3, 0.4) is 0 Å². The molecule has 132 valence electrons. The summed E-state index contributed by atoms with van der Waals surface area (Å²) in [6.07, 6.45) is 1.53. The van der Waals surface area contributed by atoms with Gasteiger partial charge in [0, 0.05) is 11.9 Å². The lowest BCUT2D eigenvalue weighted by Gasteiger charge is -2.12. The van der Waals surface area contributed by atoms with Crippen molar-refractivity contribution in [3.63, 3.8) is 0 Å². The second-order valence-corrected chi connectivity index (χ2v) is 6.50. The molecule has 26 heavy (non-hydrogen) atoms. The third-order valence-electron chi connectivity index (χ3n) is 3.81. The minimum Gasteiger partial charge on any atom is -0.324 e. The minimum atomic E-state index is -0.402. The Morgan fingerprint density at radius 3 is 2.42 bits per heavy atom. The molecule has 0 aliphatic rings. The third-order valence-corrected chi connectivity index (χ3v) is 4.62. The highest BCUT2D eigenvalue weighted by molar-refractivity contribution is 6.44. The number of hydrogen-bond donors (Lipinski definition) is 2. The van der Waals surface area contributed by atoms with Gasteiger partial charge >= 0.3 is 0 Å². The number of hydrogen-bond acceptors (Lipinski definition) is 4. The Hall–Kier alpha value is -2.63. The zero-order valence-electron chi connectivity index (χ0n) is 14.2. The molecular formula is C19H16Cl2N4O. The predicted octanol–water partition coefficient (Wildman–Crippen LogP) is 5.40. The van der Waals surface area contributed by atoms with Crippen LogP contribution in [0.25, 0.3) is 0 Å². The van der Waals surface area contributed by atoms with Crippen LogP contribution in [0.15, 0.2) is 48.7 Å². The zero-order chi connectivity index (χ0) is 18.7. The standard InChI is InChI=1S/C19H16Cl2N4O/c1-11-5-3-6-12(2)17(11)25-19-22-10-9-15(24-19)18(26)23-14-8-4-7-13(20)16(14)21/h3-10H,1-2H3,(H,23,26)(H,22,24,25). The summed E-state index contributed by atoms with van der Waals surface area (Å²) in [4.78, 5) is 21.0. The van der Waals surface area contributed by atoms with Gasteiger partial charge in [-0.1, -0.05) is 47.5 Å². The van der Waals surface area contributed by atoms with Crippen LogP contribution < -0.4 is 10.6 Å². The zero-order valence-corrected chi connectivity index (χ0v) is 15.7. The Morgan fingerprint density at radius 2 is 1.69 bits per heavy atom. The van der Waals surface area contributed by atoms with E-state index in [9.17, 15) is 4.79 Å². The summed E-state index contributed by atoms with van der Waals surface area (Å²) < 4.78 is 0. The number of carbonyl (C=O) groups excluding carboxylic acids is 1. The molecule has 5 nitrogen and oxygen atoms in total. The molecule has 1 amide bonds. The Morgan fingerprint density at radius 1 is 1.00 bits per heavy atom. The number of aryl methyl sites for hydroxylation is 2. The minimum absolute atomic E-state index is 0.213. The third kappa shape index (κ3) is 3.95. The van der Waals surface area contributed by atoms with Gasteiger partial charge in [0.05, 0.1) is 15.7 Å². The number of amides is 1. The fourth-order valence-corrected chi connectivity index (χ4v) is 2.80. The first-order valence-electron chi connectivity index (χ1n) is 7.87. The molecule has 2 aromatic carbocycles. The number of benzene rings is 2. The Kier molecular flexibility index (Phi) is 5.40. The average molecular weight is 387 g/mol. The summed E-state index contributed by atoms with van der Waals surface area (Å²) in [6, 6.07) is 12.5. The molecule has 0 saturated carbocycles. The highest BCUT2D eigenvalue weighted by Crippen LogP contribution is 2.29. The van der Waals surface area contributed by atoms with Crippen molar-refractivity contribution in [3.05, 3.63) is 75.5 Å². The summed E-state index contributed by atoms with van der Waals surface area (Å²) in [5, 5.41) is 6.53. The monoisotopic (exact) mass is 386 g/mol. The SMILES string of the molecule is Cc1cccc(C)c1Nc1nccc(C(=O)Nc2cccc(Cl)c2Cl)n1. The maximum atomic E-state index is 12.5. The number of nitrogens with zero attached hydrogens (tertiary/aromatic N) is 2. The first-order chi connectivity index (χ1) is 12.5. The van der Waals surface area contributed by atoms with Crippen molar-refractivity contribution in [2.45, 2.75) is 13.8 Å². The maximum Gasteiger partial charge on any atom is 0.274 e. The highest BCUT2D eigenvalue weighted by Gasteiger charge is 2.13. The molecule has 0 unspecified atom stereocenters. The van der Waals surface area contributed by atoms with E-state index >= 15 is 0 Å². The molecule has 0 spiro atoms. The van der Waals surface area contributed by atoms with E-state index < -0.39 is 5.91 Å². The van der Waals surface area contributed by atoms with E-state index in [0.717, 1.165) is 16.8 Å². The molecular weight excluding hydrogens is 371 g/mol. The van der Waals surface area contributed by atoms with Crippen LogP contribution >= 0.6 is 23.2 Å². The number of rotatable bonds is 4. The quantitative estimate of drug-likeness (QED) is 0.629. The second-order valence-electron chi connectivity index (χ2n) is 5.71. The molecule has 2 N–H and O–H groups in total. The van der Waals surface area contributed by atoms with E-state index in [4.69, 9.17) is 23.2 Å². The summed E-state index contributed by atoms with van der Waals surface area (Å²) >= 11 is 12.1. The summed E-state index contributed by atoms with van der Waals surface area (Å²) in [6.45, 7) is 3.99. The molecule has 1 heterocycles. The predicted molar refractivity (Wildman–Crippen MR) is 106 cm³/mol. The van der Waals surface area contributed by atoms with Gasteiger partial charge in [-0.2, -0.15) is 0 Å². The van der Waals surface area contributed by atoms with Crippen LogP contribution in [0.5, 0.6) is 0 Å². The summed E-state index contributed by atoms with van der Waals surface area (Å²) in [5.74, 6) is -0.0617. The first kappa shape index (κ1) is 18.2. The van der Waals surface area contributed by atoms with Gasteiger partial charge in [0.25, 0.3) is 5.91 Å². The van der Waals surface area contributed by atoms with E-state index in [2.05, 4.69) is 20.6 Å². The number of para-hydroxylation sites is 1. The van der Waals surface area contributed by atoms with Crippen LogP contribution in [0.2, 0.25) is 10.0 Å². The van der Waals surface area contributed by atoms with Crippen molar-refractivity contribution in [1.82, 2.24) is 9.97 Å². The molecule has 1 aromatic heterocycles. The van der Waals surface area contributed by atoms with Gasteiger partial charge in [-0.3, -0.25) is 4.79 Å². The van der Waals surface area contributed by atoms with Crippen molar-refractivity contribution in [3.8, 4) is 0 Å². The lowest BCUT2D eigenvalue weighted by atomic mass is 10.1. The molecule has 3 aromatic rings. The summed E-state index contributed by atoms with van der Waals surface area (Å²) in [7, 11) is 0. The number of carbonyl (C=O) groups is 1. The molecule has 3 rings (SSSR count). The topological polar surface area (TPSA) is 66.9 Å². The van der Waals surface area contributed by atoms with Gasteiger partial charge in [0.15, 0.2) is 0 Å². The summed E-state index contributed by atoms with van der Waals surface area (Å²) in [5.41, 5.74) is 3.68. The van der Waals surface area contributed by atoms with Gasteiger partial charge in [0.2, 0.25) is 5.95 Å². The molecule has 0 bridgehead atoms. The van der Waals surface area contributed by atoms with Crippen LogP contribution in [0.4, 0.5) is 17.3 Å². The van der Waals surface area contributed by atoms with Crippen LogP contribution in [0, 0.1) is 13.8 Å². The van der Waals surface area contributed by atoms with Crippen molar-refractivity contribution in [2.75, 3.05) is 10.6 Å². The number of halogens is 2. The van der Waals surface area contributed by atoms with Gasteiger partial charge in [-0.25, -0.2) is 9.97 Å². The molecule has 0 fully saturated rings. The smallest absolute Gasteiger partial charge is 0.274 e. The molecule has 0 saturated heterocycles. The van der Waals surface area contributed by atoms with Gasteiger partial charge in [0.1, 0.15) is 5.69 Å². The first-order valence-corrected chi connectivity index (χ1v) is 8.63. The van der Waals surface area contributed by atoms with Crippen LogP contribution in [-0.2, 0) is 0 Å². The average Bonchev–Trinajstić information content (AvgIpc) is 2.62. The Balaban J connectivity index is 1.83. The van der Waals surface area contributed by atoms with E-state index in [1.165, 1.54) is 12.3 Å². The molecule has 0 aliphatic carbocycles. The van der Waals surface area contributed by atoms with Crippen molar-refractivity contribution < 1.29 is 4.79 Å². The lowest BCUT2D eigenvalue weighted by molar-refractivity contribution is 0.102. The normalized spacial score (nSPS) is 10.5. The number of aromatic nitrogens is 2. The van der Waals surface area contributed by atoms with Gasteiger partial charge < -0.3 is 10.6 Å². The molecule has 7 heteroatoms. The number of nitrogens with one attached hydrogen (secondary N) is 2. The molecule has 0 radical (unpaired) electrons. The fourth-order valence-electron chi connectivity index (χ4n) is 2.46. The number of anilines is 3. The van der Waals surface area contributed by atoms with Crippen LogP contribution in [0.1, 0.15) is 21.6 Å². The molecule has 0 aliphatic heterocycles. The van der Waals surface area contributed by atoms with E-state index in [0.29, 0.717) is 16.7 Å². The van der Waals surface area contributed by atoms with Crippen LogP contribution in [-0.4, -0.2) is 15.9 Å². The van der Waals surface area contributed by atoms with Crippen molar-refractivity contribution in [1.29, 1.82) is 0 Å². The van der Waals surface area contributed by atoms with E-state index in [1.807, 2.05) is 32.0 Å². The largest absolute Gasteiger partial charge is 0.324 e. The van der Waals surface area contributed by atoms with E-state index in [-0.39, 0.29) is 10.7 Å². The second kappa shape index (κ2) is 7.72. The lowest BCUT2D eigenvalue weighted by Crippen LogP contribution is -2.15. The van der Waals surface area contributed by atoms with Gasteiger partial charge in [-0.15, -0.1) is 0 Å². The Bertz CT molecular complexity index is 955. The fraction of sp³-hybridized carbons (Fsp3) is 0.105. The maximum absolute atomic E-state index is 12.5. The van der Waals surface area contributed by atoms with Crippen molar-refractivity contribution >= 4 is 46.4 Å². The van der Waals surface area contributed by atoms with Crippen molar-refractivity contribution in [2.24, 2.45) is 0 Å². The highest BCUT2D eigenvalue weighted by atomic mass is 35.5. The Labute approximate surface area is 161 Å².